The highest BCUT2D eigenvalue weighted by molar-refractivity contribution is 5.74. The average molecular weight is 233 g/mol. The first kappa shape index (κ1) is 12.1. The van der Waals surface area contributed by atoms with E-state index in [4.69, 9.17) is 4.74 Å². The number of esters is 1. The first-order chi connectivity index (χ1) is 8.15. The zero-order chi connectivity index (χ0) is 12.4. The van der Waals surface area contributed by atoms with Crippen molar-refractivity contribution in [2.45, 2.75) is 19.8 Å². The summed E-state index contributed by atoms with van der Waals surface area (Å²) in [6, 6.07) is 6.27. The Hall–Kier alpha value is -1.35. The van der Waals surface area contributed by atoms with Gasteiger partial charge in [0.2, 0.25) is 0 Å². The molecule has 1 heterocycles. The summed E-state index contributed by atoms with van der Waals surface area (Å²) in [5.41, 5.74) is 3.81. The van der Waals surface area contributed by atoms with E-state index >= 15 is 0 Å². The van der Waals surface area contributed by atoms with Gasteiger partial charge in [-0.05, 0) is 30.5 Å². The summed E-state index contributed by atoms with van der Waals surface area (Å²) >= 11 is 0. The molecule has 3 nitrogen and oxygen atoms in total. The lowest BCUT2D eigenvalue weighted by molar-refractivity contribution is -0.145. The largest absolute Gasteiger partial charge is 0.469 e. The maximum atomic E-state index is 11.8. The third kappa shape index (κ3) is 2.20. The fraction of sp³-hybridized carbons (Fsp3) is 0.500. The highest BCUT2D eigenvalue weighted by atomic mass is 16.5. The molecular weight excluding hydrogens is 214 g/mol. The standard InChI is InChI=1S/C14H19NO2/c1-9-5-4-6-10(2)13(9)11-7-15-8-12(11)14(16)17-3/h4-6,11-12,15H,7-8H2,1-3H3. The smallest absolute Gasteiger partial charge is 0.310 e. The molecule has 0 aliphatic carbocycles. The lowest BCUT2D eigenvalue weighted by Crippen LogP contribution is -2.23. The molecule has 3 heteroatoms. The van der Waals surface area contributed by atoms with Crippen LogP contribution in [0.25, 0.3) is 0 Å². The van der Waals surface area contributed by atoms with E-state index in [9.17, 15) is 4.79 Å². The van der Waals surface area contributed by atoms with Crippen LogP contribution in [0.3, 0.4) is 0 Å². The van der Waals surface area contributed by atoms with Crippen LogP contribution in [0.2, 0.25) is 0 Å². The zero-order valence-electron chi connectivity index (χ0n) is 10.6. The van der Waals surface area contributed by atoms with E-state index in [2.05, 4.69) is 37.4 Å². The predicted octanol–water partition coefficient (Wildman–Crippen LogP) is 1.78. The first-order valence-corrected chi connectivity index (χ1v) is 5.99. The van der Waals surface area contributed by atoms with Crippen LogP contribution in [0.4, 0.5) is 0 Å². The number of carbonyl (C=O) groups is 1. The van der Waals surface area contributed by atoms with Crippen molar-refractivity contribution in [2.24, 2.45) is 5.92 Å². The Labute approximate surface area is 102 Å². The fourth-order valence-corrected chi connectivity index (χ4v) is 2.79. The molecule has 0 spiro atoms. The molecule has 1 N–H and O–H groups in total. The highest BCUT2D eigenvalue weighted by Gasteiger charge is 2.36. The summed E-state index contributed by atoms with van der Waals surface area (Å²) in [7, 11) is 1.46. The van der Waals surface area contributed by atoms with Crippen molar-refractivity contribution in [1.82, 2.24) is 5.32 Å². The molecule has 1 fully saturated rings. The monoisotopic (exact) mass is 233 g/mol. The average Bonchev–Trinajstić information content (AvgIpc) is 2.77. The third-order valence-corrected chi connectivity index (χ3v) is 3.63. The van der Waals surface area contributed by atoms with Gasteiger partial charge in [-0.3, -0.25) is 4.79 Å². The van der Waals surface area contributed by atoms with E-state index in [-0.39, 0.29) is 17.8 Å². The second kappa shape index (κ2) is 4.88. The molecular formula is C14H19NO2. The summed E-state index contributed by atoms with van der Waals surface area (Å²) in [4.78, 5) is 11.8. The highest BCUT2D eigenvalue weighted by Crippen LogP contribution is 2.33. The van der Waals surface area contributed by atoms with Gasteiger partial charge in [0.1, 0.15) is 0 Å². The Morgan fingerprint density at radius 1 is 1.29 bits per heavy atom. The lowest BCUT2D eigenvalue weighted by atomic mass is 9.84. The quantitative estimate of drug-likeness (QED) is 0.791. The van der Waals surface area contributed by atoms with Gasteiger partial charge in [-0.1, -0.05) is 18.2 Å². The van der Waals surface area contributed by atoms with Gasteiger partial charge in [0.25, 0.3) is 0 Å². The molecule has 17 heavy (non-hydrogen) atoms. The van der Waals surface area contributed by atoms with Gasteiger partial charge in [0.15, 0.2) is 0 Å². The number of carbonyl (C=O) groups excluding carboxylic acids is 1. The lowest BCUT2D eigenvalue weighted by Gasteiger charge is -2.20. The van der Waals surface area contributed by atoms with Crippen LogP contribution in [-0.2, 0) is 9.53 Å². The molecule has 0 bridgehead atoms. The number of hydrogen-bond donors (Lipinski definition) is 1. The summed E-state index contributed by atoms with van der Waals surface area (Å²) < 4.78 is 4.89. The normalized spacial score (nSPS) is 23.7. The van der Waals surface area contributed by atoms with Gasteiger partial charge >= 0.3 is 5.97 Å². The van der Waals surface area contributed by atoms with Crippen LogP contribution in [0, 0.1) is 19.8 Å². The second-order valence-corrected chi connectivity index (χ2v) is 4.70. The van der Waals surface area contributed by atoms with Gasteiger partial charge in [0, 0.05) is 19.0 Å². The first-order valence-electron chi connectivity index (χ1n) is 5.99. The molecule has 1 aromatic rings. The SMILES string of the molecule is COC(=O)C1CNCC1c1c(C)cccc1C. The van der Waals surface area contributed by atoms with Crippen molar-refractivity contribution < 1.29 is 9.53 Å². The molecule has 2 atom stereocenters. The number of nitrogens with one attached hydrogen (secondary N) is 1. The topological polar surface area (TPSA) is 38.3 Å². The van der Waals surface area contributed by atoms with Crippen molar-refractivity contribution in [3.05, 3.63) is 34.9 Å². The molecule has 0 aromatic heterocycles. The van der Waals surface area contributed by atoms with Crippen molar-refractivity contribution in [3.63, 3.8) is 0 Å². The Balaban J connectivity index is 2.36. The molecule has 1 aliphatic heterocycles. The molecule has 1 aliphatic rings. The van der Waals surface area contributed by atoms with Gasteiger partial charge < -0.3 is 10.1 Å². The van der Waals surface area contributed by atoms with Crippen LogP contribution < -0.4 is 5.32 Å². The summed E-state index contributed by atoms with van der Waals surface area (Å²) in [6.07, 6.45) is 0. The summed E-state index contributed by atoms with van der Waals surface area (Å²) in [5, 5.41) is 3.29. The van der Waals surface area contributed by atoms with E-state index in [0.29, 0.717) is 6.54 Å². The van der Waals surface area contributed by atoms with E-state index in [1.54, 1.807) is 0 Å². The van der Waals surface area contributed by atoms with Crippen molar-refractivity contribution in [3.8, 4) is 0 Å². The number of methoxy groups -OCH3 is 1. The Kier molecular flexibility index (Phi) is 3.48. The van der Waals surface area contributed by atoms with Gasteiger partial charge in [-0.2, -0.15) is 0 Å². The molecule has 2 unspecified atom stereocenters. The van der Waals surface area contributed by atoms with Crippen LogP contribution in [0.15, 0.2) is 18.2 Å². The minimum Gasteiger partial charge on any atom is -0.469 e. The number of aryl methyl sites for hydroxylation is 2. The number of benzene rings is 1. The van der Waals surface area contributed by atoms with E-state index < -0.39 is 0 Å². The minimum absolute atomic E-state index is 0.0557. The van der Waals surface area contributed by atoms with E-state index in [1.807, 2.05) is 0 Å². The maximum absolute atomic E-state index is 11.8. The maximum Gasteiger partial charge on any atom is 0.310 e. The van der Waals surface area contributed by atoms with Gasteiger partial charge in [-0.25, -0.2) is 0 Å². The molecule has 1 saturated heterocycles. The zero-order valence-corrected chi connectivity index (χ0v) is 10.6. The van der Waals surface area contributed by atoms with E-state index in [1.165, 1.54) is 23.8 Å². The van der Waals surface area contributed by atoms with Crippen LogP contribution in [0.1, 0.15) is 22.6 Å². The Morgan fingerprint density at radius 3 is 2.53 bits per heavy atom. The van der Waals surface area contributed by atoms with E-state index in [0.717, 1.165) is 6.54 Å². The van der Waals surface area contributed by atoms with Crippen molar-refractivity contribution >= 4 is 5.97 Å². The number of hydrogen-bond acceptors (Lipinski definition) is 3. The van der Waals surface area contributed by atoms with Gasteiger partial charge in [-0.15, -0.1) is 0 Å². The minimum atomic E-state index is -0.109. The molecule has 0 amide bonds. The number of rotatable bonds is 2. The molecule has 2 rings (SSSR count). The van der Waals surface area contributed by atoms with Crippen LogP contribution >= 0.6 is 0 Å². The van der Waals surface area contributed by atoms with Gasteiger partial charge in [0.05, 0.1) is 13.0 Å². The Morgan fingerprint density at radius 2 is 1.94 bits per heavy atom. The molecule has 0 radical (unpaired) electrons. The molecule has 92 valence electrons. The van der Waals surface area contributed by atoms with Crippen molar-refractivity contribution in [2.75, 3.05) is 20.2 Å². The molecule has 0 saturated carbocycles. The number of ether oxygens (including phenoxy) is 1. The predicted molar refractivity (Wildman–Crippen MR) is 67.0 cm³/mol. The van der Waals surface area contributed by atoms with Crippen molar-refractivity contribution in [1.29, 1.82) is 0 Å². The fourth-order valence-electron chi connectivity index (χ4n) is 2.79. The summed E-state index contributed by atoms with van der Waals surface area (Å²) in [6.45, 7) is 5.78. The Bertz CT molecular complexity index is 408. The van der Waals surface area contributed by atoms with Crippen LogP contribution in [-0.4, -0.2) is 26.2 Å². The molecule has 1 aromatic carbocycles. The van der Waals surface area contributed by atoms with Crippen LogP contribution in [0.5, 0.6) is 0 Å². The summed E-state index contributed by atoms with van der Waals surface area (Å²) in [5.74, 6) is 0.0751. The third-order valence-electron chi connectivity index (χ3n) is 3.63. The second-order valence-electron chi connectivity index (χ2n) is 4.70.